The van der Waals surface area contributed by atoms with E-state index >= 15 is 0 Å². The fourth-order valence-electron chi connectivity index (χ4n) is 2.33. The number of nitrogens with two attached hydrogens (primary N) is 1. The van der Waals surface area contributed by atoms with Crippen LogP contribution in [0.25, 0.3) is 0 Å². The van der Waals surface area contributed by atoms with E-state index in [9.17, 15) is 0 Å². The highest BCUT2D eigenvalue weighted by atomic mass is 35.5. The maximum atomic E-state index is 6.06. The van der Waals surface area contributed by atoms with Gasteiger partial charge in [0.25, 0.3) is 0 Å². The summed E-state index contributed by atoms with van der Waals surface area (Å²) in [5.74, 6) is 0. The lowest BCUT2D eigenvalue weighted by molar-refractivity contribution is 0.450. The summed E-state index contributed by atoms with van der Waals surface area (Å²) in [5, 5.41) is 0.764. The van der Waals surface area contributed by atoms with Crippen molar-refractivity contribution in [2.75, 3.05) is 18.5 Å². The molecule has 0 aliphatic rings. The van der Waals surface area contributed by atoms with Gasteiger partial charge in [0.15, 0.2) is 0 Å². The quantitative estimate of drug-likeness (QED) is 0.908. The van der Waals surface area contributed by atoms with Crippen molar-refractivity contribution < 1.29 is 0 Å². The molecule has 1 atom stereocenters. The van der Waals surface area contributed by atoms with Gasteiger partial charge in [-0.25, -0.2) is 0 Å². The van der Waals surface area contributed by atoms with Crippen molar-refractivity contribution in [1.82, 2.24) is 0 Å². The number of hydrogen-bond acceptors (Lipinski definition) is 2. The van der Waals surface area contributed by atoms with Gasteiger partial charge in [-0.2, -0.15) is 0 Å². The van der Waals surface area contributed by atoms with Crippen molar-refractivity contribution >= 4 is 17.3 Å². The number of hydrogen-bond donors (Lipinski definition) is 1. The molecule has 0 aliphatic carbocycles. The molecule has 0 saturated carbocycles. The zero-order chi connectivity index (χ0) is 14.6. The smallest absolute Gasteiger partial charge is 0.0533 e. The second kappa shape index (κ2) is 6.29. The second-order valence-electron chi connectivity index (χ2n) is 5.40. The molecule has 0 fully saturated rings. The van der Waals surface area contributed by atoms with Gasteiger partial charge in [0.05, 0.1) is 5.54 Å². The van der Waals surface area contributed by atoms with Gasteiger partial charge in [0.1, 0.15) is 0 Å². The average Bonchev–Trinajstić information content (AvgIpc) is 2.49. The summed E-state index contributed by atoms with van der Waals surface area (Å²) in [7, 11) is 2.10. The van der Waals surface area contributed by atoms with Crippen molar-refractivity contribution in [3.05, 3.63) is 65.2 Å². The molecule has 0 aliphatic heterocycles. The number of para-hydroxylation sites is 1. The minimum atomic E-state index is -0.130. The topological polar surface area (TPSA) is 29.3 Å². The Labute approximate surface area is 126 Å². The predicted molar refractivity (Wildman–Crippen MR) is 87.5 cm³/mol. The highest BCUT2D eigenvalue weighted by molar-refractivity contribution is 6.30. The van der Waals surface area contributed by atoms with Gasteiger partial charge in [-0.15, -0.1) is 0 Å². The van der Waals surface area contributed by atoms with E-state index in [1.807, 2.05) is 30.3 Å². The minimum Gasteiger partial charge on any atom is -0.368 e. The minimum absolute atomic E-state index is 0.130. The van der Waals surface area contributed by atoms with E-state index < -0.39 is 0 Å². The van der Waals surface area contributed by atoms with Gasteiger partial charge in [-0.05, 0) is 43.2 Å². The van der Waals surface area contributed by atoms with Gasteiger partial charge >= 0.3 is 0 Å². The monoisotopic (exact) mass is 288 g/mol. The standard InChI is InChI=1S/C17H21ClN2/c1-17(13-19,12-14-8-10-15(18)11-9-14)20(2)16-6-4-3-5-7-16/h3-11H,12-13,19H2,1-2H3. The van der Waals surface area contributed by atoms with Crippen LogP contribution in [-0.4, -0.2) is 19.1 Å². The largest absolute Gasteiger partial charge is 0.368 e. The molecule has 2 aromatic carbocycles. The lowest BCUT2D eigenvalue weighted by Crippen LogP contribution is -2.51. The molecular weight excluding hydrogens is 268 g/mol. The first-order chi connectivity index (χ1) is 9.55. The maximum absolute atomic E-state index is 6.06. The van der Waals surface area contributed by atoms with Gasteiger partial charge in [-0.1, -0.05) is 41.9 Å². The van der Waals surface area contributed by atoms with E-state index in [4.69, 9.17) is 17.3 Å². The second-order valence-corrected chi connectivity index (χ2v) is 5.84. The molecule has 0 amide bonds. The Balaban J connectivity index is 2.22. The van der Waals surface area contributed by atoms with Crippen molar-refractivity contribution in [1.29, 1.82) is 0 Å². The first-order valence-corrected chi connectivity index (χ1v) is 7.16. The highest BCUT2D eigenvalue weighted by Gasteiger charge is 2.28. The number of rotatable bonds is 5. The van der Waals surface area contributed by atoms with Gasteiger partial charge in [-0.3, -0.25) is 0 Å². The Morgan fingerprint density at radius 1 is 1.05 bits per heavy atom. The highest BCUT2D eigenvalue weighted by Crippen LogP contribution is 2.25. The van der Waals surface area contributed by atoms with Gasteiger partial charge in [0, 0.05) is 24.3 Å². The van der Waals surface area contributed by atoms with Crippen LogP contribution in [0.15, 0.2) is 54.6 Å². The summed E-state index contributed by atoms with van der Waals surface area (Å²) in [6.07, 6.45) is 0.881. The number of halogens is 1. The van der Waals surface area contributed by atoms with E-state index in [-0.39, 0.29) is 5.54 Å². The normalized spacial score (nSPS) is 13.8. The molecule has 2 rings (SSSR count). The first-order valence-electron chi connectivity index (χ1n) is 6.78. The summed E-state index contributed by atoms with van der Waals surface area (Å²) < 4.78 is 0. The third-order valence-electron chi connectivity index (χ3n) is 3.89. The van der Waals surface area contributed by atoms with E-state index in [1.54, 1.807) is 0 Å². The van der Waals surface area contributed by atoms with Crippen molar-refractivity contribution in [2.24, 2.45) is 5.73 Å². The molecule has 0 saturated heterocycles. The van der Waals surface area contributed by atoms with Crippen molar-refractivity contribution in [2.45, 2.75) is 18.9 Å². The number of nitrogens with zero attached hydrogens (tertiary/aromatic N) is 1. The van der Waals surface area contributed by atoms with E-state index in [0.717, 1.165) is 11.4 Å². The Hall–Kier alpha value is -1.51. The lowest BCUT2D eigenvalue weighted by Gasteiger charge is -2.40. The van der Waals surface area contributed by atoms with Crippen LogP contribution in [0.2, 0.25) is 5.02 Å². The van der Waals surface area contributed by atoms with Crippen LogP contribution < -0.4 is 10.6 Å². The molecule has 106 valence electrons. The number of likely N-dealkylation sites (N-methyl/N-ethyl adjacent to an activating group) is 1. The Morgan fingerprint density at radius 3 is 2.20 bits per heavy atom. The molecule has 3 heteroatoms. The van der Waals surface area contributed by atoms with Gasteiger partial charge < -0.3 is 10.6 Å². The van der Waals surface area contributed by atoms with Crippen LogP contribution in [-0.2, 0) is 6.42 Å². The summed E-state index contributed by atoms with van der Waals surface area (Å²) in [6.45, 7) is 2.77. The number of benzene rings is 2. The summed E-state index contributed by atoms with van der Waals surface area (Å²) in [5.41, 5.74) is 8.34. The van der Waals surface area contributed by atoms with Crippen LogP contribution in [0, 0.1) is 0 Å². The fraction of sp³-hybridized carbons (Fsp3) is 0.294. The summed E-state index contributed by atoms with van der Waals surface area (Å²) in [4.78, 5) is 2.25. The molecule has 0 bridgehead atoms. The molecule has 0 aromatic heterocycles. The molecule has 2 aromatic rings. The van der Waals surface area contributed by atoms with Crippen LogP contribution in [0.1, 0.15) is 12.5 Å². The molecule has 1 unspecified atom stereocenters. The maximum Gasteiger partial charge on any atom is 0.0533 e. The van der Waals surface area contributed by atoms with Crippen LogP contribution in [0.5, 0.6) is 0 Å². The molecular formula is C17H21ClN2. The zero-order valence-electron chi connectivity index (χ0n) is 12.0. The molecule has 0 heterocycles. The van der Waals surface area contributed by atoms with E-state index in [1.165, 1.54) is 11.3 Å². The fourth-order valence-corrected chi connectivity index (χ4v) is 2.46. The Morgan fingerprint density at radius 2 is 1.65 bits per heavy atom. The van der Waals surface area contributed by atoms with Crippen molar-refractivity contribution in [3.8, 4) is 0 Å². The third-order valence-corrected chi connectivity index (χ3v) is 4.14. The average molecular weight is 289 g/mol. The molecule has 2 N–H and O–H groups in total. The van der Waals surface area contributed by atoms with Crippen LogP contribution in [0.3, 0.4) is 0 Å². The zero-order valence-corrected chi connectivity index (χ0v) is 12.8. The van der Waals surface area contributed by atoms with Crippen LogP contribution >= 0.6 is 11.6 Å². The summed E-state index contributed by atoms with van der Waals surface area (Å²) >= 11 is 5.94. The van der Waals surface area contributed by atoms with Crippen LogP contribution in [0.4, 0.5) is 5.69 Å². The predicted octanol–water partition coefficient (Wildman–Crippen LogP) is 3.74. The van der Waals surface area contributed by atoms with E-state index in [0.29, 0.717) is 6.54 Å². The molecule has 0 radical (unpaired) electrons. The lowest BCUT2D eigenvalue weighted by atomic mass is 9.90. The molecule has 20 heavy (non-hydrogen) atoms. The Bertz CT molecular complexity index is 539. The van der Waals surface area contributed by atoms with Crippen molar-refractivity contribution in [3.63, 3.8) is 0 Å². The third kappa shape index (κ3) is 3.33. The van der Waals surface area contributed by atoms with E-state index in [2.05, 4.69) is 43.1 Å². The first kappa shape index (κ1) is 14.9. The van der Waals surface area contributed by atoms with Gasteiger partial charge in [0.2, 0.25) is 0 Å². The number of anilines is 1. The Kier molecular flexibility index (Phi) is 4.69. The SMILES string of the molecule is CN(c1ccccc1)C(C)(CN)Cc1ccc(Cl)cc1. The molecule has 2 nitrogen and oxygen atoms in total. The summed E-state index contributed by atoms with van der Waals surface area (Å²) in [6, 6.07) is 18.3. The molecule has 0 spiro atoms.